The zero-order valence-electron chi connectivity index (χ0n) is 12.6. The molecule has 1 fully saturated rings. The minimum atomic E-state index is -3.02. The quantitative estimate of drug-likeness (QED) is 0.658. The van der Waals surface area contributed by atoms with Crippen molar-refractivity contribution in [1.29, 1.82) is 0 Å². The lowest BCUT2D eigenvalue weighted by Crippen LogP contribution is -2.41. The number of furan rings is 1. The normalized spacial score (nSPS) is 20.6. The molecule has 2 heterocycles. The Morgan fingerprint density at radius 2 is 2.13 bits per heavy atom. The summed E-state index contributed by atoms with van der Waals surface area (Å²) in [5.74, 6) is 0.654. The first-order valence-electron chi connectivity index (χ1n) is 7.23. The minimum absolute atomic E-state index is 0.0211. The molecule has 7 nitrogen and oxygen atoms in total. The van der Waals surface area contributed by atoms with Gasteiger partial charge in [0, 0.05) is 11.4 Å². The smallest absolute Gasteiger partial charge is 0.335 e. The second kappa shape index (κ2) is 6.04. The fraction of sp³-hybridized carbons (Fsp3) is 0.333. The molecule has 23 heavy (non-hydrogen) atoms. The Labute approximate surface area is 133 Å². The number of benzene rings is 1. The third kappa shape index (κ3) is 3.70. The molecule has 2 amide bonds. The van der Waals surface area contributed by atoms with Crippen LogP contribution in [0, 0.1) is 0 Å². The third-order valence-corrected chi connectivity index (χ3v) is 5.44. The number of hydrogen-bond donors (Lipinski definition) is 2. The Kier molecular flexibility index (Phi) is 4.08. The van der Waals surface area contributed by atoms with Gasteiger partial charge in [-0.05, 0) is 25.5 Å². The van der Waals surface area contributed by atoms with E-state index in [1.807, 2.05) is 30.3 Å². The molecule has 0 saturated carbocycles. The average Bonchev–Trinajstić information content (AvgIpc) is 3.07. The molecule has 122 valence electrons. The number of hydrazone groups is 1. The summed E-state index contributed by atoms with van der Waals surface area (Å²) in [5.41, 5.74) is 3.63. The molecule has 2 aromatic rings. The first-order valence-corrected chi connectivity index (χ1v) is 9.05. The highest BCUT2D eigenvalue weighted by Gasteiger charge is 2.28. The zero-order valence-corrected chi connectivity index (χ0v) is 13.4. The van der Waals surface area contributed by atoms with E-state index in [1.54, 1.807) is 6.92 Å². The van der Waals surface area contributed by atoms with E-state index >= 15 is 0 Å². The third-order valence-electron chi connectivity index (χ3n) is 3.67. The van der Waals surface area contributed by atoms with Gasteiger partial charge in [0.2, 0.25) is 0 Å². The van der Waals surface area contributed by atoms with Gasteiger partial charge in [-0.2, -0.15) is 5.10 Å². The molecule has 1 aromatic heterocycles. The maximum absolute atomic E-state index is 11.8. The lowest BCUT2D eigenvalue weighted by molar-refractivity contribution is 0.238. The number of nitrogens with zero attached hydrogens (tertiary/aromatic N) is 1. The Morgan fingerprint density at radius 1 is 1.35 bits per heavy atom. The second-order valence-corrected chi connectivity index (χ2v) is 7.76. The van der Waals surface area contributed by atoms with Crippen LogP contribution in [0.3, 0.4) is 0 Å². The van der Waals surface area contributed by atoms with Crippen LogP contribution in [0.15, 0.2) is 39.9 Å². The number of carbonyl (C=O) groups is 1. The summed E-state index contributed by atoms with van der Waals surface area (Å²) < 4.78 is 28.3. The molecule has 1 saturated heterocycles. The SMILES string of the molecule is CC(=NNC(=O)NC1CCS(=O)(=O)C1)c1cc2ccccc2o1. The number of para-hydroxylation sites is 1. The average molecular weight is 335 g/mol. The summed E-state index contributed by atoms with van der Waals surface area (Å²) in [6, 6.07) is 8.53. The van der Waals surface area contributed by atoms with Gasteiger partial charge in [0.1, 0.15) is 11.3 Å². The summed E-state index contributed by atoms with van der Waals surface area (Å²) in [6.45, 7) is 1.72. The van der Waals surface area contributed by atoms with Crippen molar-refractivity contribution in [1.82, 2.24) is 10.7 Å². The predicted octanol–water partition coefficient (Wildman–Crippen LogP) is 1.64. The van der Waals surface area contributed by atoms with E-state index in [4.69, 9.17) is 4.42 Å². The molecular formula is C15H17N3O4S. The highest BCUT2D eigenvalue weighted by Crippen LogP contribution is 2.19. The van der Waals surface area contributed by atoms with Crippen molar-refractivity contribution in [3.63, 3.8) is 0 Å². The number of fused-ring (bicyclic) bond motifs is 1. The monoisotopic (exact) mass is 335 g/mol. The number of urea groups is 1. The first-order chi connectivity index (χ1) is 10.9. The largest absolute Gasteiger partial charge is 0.455 e. The van der Waals surface area contributed by atoms with Crippen molar-refractivity contribution < 1.29 is 17.6 Å². The van der Waals surface area contributed by atoms with Crippen molar-refractivity contribution in [2.75, 3.05) is 11.5 Å². The van der Waals surface area contributed by atoms with Gasteiger partial charge < -0.3 is 9.73 Å². The Bertz CT molecular complexity index is 837. The van der Waals surface area contributed by atoms with Crippen molar-refractivity contribution in [2.24, 2.45) is 5.10 Å². The lowest BCUT2D eigenvalue weighted by atomic mass is 10.2. The van der Waals surface area contributed by atoms with Crippen LogP contribution in [-0.4, -0.2) is 37.7 Å². The molecule has 1 aliphatic heterocycles. The molecule has 0 radical (unpaired) electrons. The van der Waals surface area contributed by atoms with E-state index in [2.05, 4.69) is 15.8 Å². The molecule has 0 spiro atoms. The van der Waals surface area contributed by atoms with Crippen molar-refractivity contribution in [3.05, 3.63) is 36.1 Å². The van der Waals surface area contributed by atoms with Gasteiger partial charge in [0.15, 0.2) is 15.6 Å². The Hall–Kier alpha value is -2.35. The van der Waals surface area contributed by atoms with Crippen LogP contribution in [0.4, 0.5) is 4.79 Å². The molecule has 3 rings (SSSR count). The van der Waals surface area contributed by atoms with E-state index in [9.17, 15) is 13.2 Å². The molecule has 1 aromatic carbocycles. The maximum Gasteiger partial charge on any atom is 0.335 e. The van der Waals surface area contributed by atoms with Crippen LogP contribution >= 0.6 is 0 Å². The molecular weight excluding hydrogens is 318 g/mol. The number of amides is 2. The van der Waals surface area contributed by atoms with Crippen LogP contribution in [0.1, 0.15) is 19.1 Å². The van der Waals surface area contributed by atoms with Crippen LogP contribution in [0.5, 0.6) is 0 Å². The van der Waals surface area contributed by atoms with Crippen LogP contribution in [0.25, 0.3) is 11.0 Å². The van der Waals surface area contributed by atoms with Crippen LogP contribution in [0.2, 0.25) is 0 Å². The molecule has 1 atom stereocenters. The molecule has 8 heteroatoms. The van der Waals surface area contributed by atoms with Gasteiger partial charge in [-0.15, -0.1) is 0 Å². The van der Waals surface area contributed by atoms with E-state index < -0.39 is 15.9 Å². The summed E-state index contributed by atoms with van der Waals surface area (Å²) >= 11 is 0. The molecule has 2 N–H and O–H groups in total. The number of rotatable bonds is 3. The fourth-order valence-electron chi connectivity index (χ4n) is 2.48. The van der Waals surface area contributed by atoms with Gasteiger partial charge in [0.05, 0.1) is 11.5 Å². The predicted molar refractivity (Wildman–Crippen MR) is 87.2 cm³/mol. The molecule has 1 unspecified atom stereocenters. The zero-order chi connectivity index (χ0) is 16.4. The van der Waals surface area contributed by atoms with Crippen molar-refractivity contribution in [2.45, 2.75) is 19.4 Å². The van der Waals surface area contributed by atoms with Crippen molar-refractivity contribution in [3.8, 4) is 0 Å². The van der Waals surface area contributed by atoms with Crippen molar-refractivity contribution >= 4 is 32.5 Å². The van der Waals surface area contributed by atoms with Gasteiger partial charge in [0.25, 0.3) is 0 Å². The van der Waals surface area contributed by atoms with Gasteiger partial charge >= 0.3 is 6.03 Å². The van der Waals surface area contributed by atoms with E-state index in [1.165, 1.54) is 0 Å². The van der Waals surface area contributed by atoms with Gasteiger partial charge in [-0.3, -0.25) is 0 Å². The number of hydrogen-bond acceptors (Lipinski definition) is 5. The fourth-order valence-corrected chi connectivity index (χ4v) is 4.15. The van der Waals surface area contributed by atoms with E-state index in [0.29, 0.717) is 17.9 Å². The maximum atomic E-state index is 11.8. The highest BCUT2D eigenvalue weighted by molar-refractivity contribution is 7.91. The lowest BCUT2D eigenvalue weighted by Gasteiger charge is -2.09. The second-order valence-electron chi connectivity index (χ2n) is 5.53. The van der Waals surface area contributed by atoms with Gasteiger partial charge in [-0.1, -0.05) is 18.2 Å². The number of nitrogens with one attached hydrogen (secondary N) is 2. The topological polar surface area (TPSA) is 101 Å². The summed E-state index contributed by atoms with van der Waals surface area (Å²) in [4.78, 5) is 11.8. The van der Waals surface area contributed by atoms with E-state index in [0.717, 1.165) is 11.0 Å². The van der Waals surface area contributed by atoms with Gasteiger partial charge in [-0.25, -0.2) is 18.6 Å². The van der Waals surface area contributed by atoms with Crippen LogP contribution in [-0.2, 0) is 9.84 Å². The summed E-state index contributed by atoms with van der Waals surface area (Å²) in [6.07, 6.45) is 0.433. The summed E-state index contributed by atoms with van der Waals surface area (Å²) in [7, 11) is -3.02. The first kappa shape index (κ1) is 15.5. The Morgan fingerprint density at radius 3 is 2.83 bits per heavy atom. The minimum Gasteiger partial charge on any atom is -0.455 e. The number of sulfone groups is 1. The molecule has 1 aliphatic rings. The Balaban J connectivity index is 1.61. The van der Waals surface area contributed by atoms with Crippen LogP contribution < -0.4 is 10.7 Å². The molecule has 0 aliphatic carbocycles. The van der Waals surface area contributed by atoms with E-state index in [-0.39, 0.29) is 17.5 Å². The standard InChI is InChI=1S/C15H17N3O4S/c1-10(14-8-11-4-2-3-5-13(11)22-14)17-18-15(19)16-12-6-7-23(20,21)9-12/h2-5,8,12H,6-7,9H2,1H3,(H2,16,18,19). The summed E-state index contributed by atoms with van der Waals surface area (Å²) in [5, 5.41) is 7.54. The highest BCUT2D eigenvalue weighted by atomic mass is 32.2. The molecule has 0 bridgehead atoms. The number of carbonyl (C=O) groups excluding carboxylic acids is 1.